The van der Waals surface area contributed by atoms with E-state index >= 15 is 0 Å². The molecule has 0 saturated heterocycles. The summed E-state index contributed by atoms with van der Waals surface area (Å²) < 4.78 is 5.08. The summed E-state index contributed by atoms with van der Waals surface area (Å²) in [5.41, 5.74) is 5.53. The van der Waals surface area contributed by atoms with Gasteiger partial charge in [0.15, 0.2) is 5.22 Å². The lowest BCUT2D eigenvalue weighted by molar-refractivity contribution is 0.494. The zero-order valence-corrected chi connectivity index (χ0v) is 6.56. The molecule has 0 aromatic carbocycles. The van der Waals surface area contributed by atoms with Gasteiger partial charge in [0.05, 0.1) is 0 Å². The summed E-state index contributed by atoms with van der Waals surface area (Å²) in [5, 5.41) is 0.427. The van der Waals surface area contributed by atoms with Crippen LogP contribution in [0.2, 0.25) is 5.22 Å². The van der Waals surface area contributed by atoms with Gasteiger partial charge in [0.2, 0.25) is 0 Å². The summed E-state index contributed by atoms with van der Waals surface area (Å²) in [6, 6.07) is 3.69. The molecule has 56 valence electrons. The zero-order chi connectivity index (χ0) is 7.56. The highest BCUT2D eigenvalue weighted by Gasteiger charge is 2.01. The number of hydrogen-bond donors (Lipinski definition) is 1. The fourth-order valence-corrected chi connectivity index (χ4v) is 0.941. The second-order valence-corrected chi connectivity index (χ2v) is 2.76. The van der Waals surface area contributed by atoms with Crippen molar-refractivity contribution < 1.29 is 4.42 Å². The molecule has 0 radical (unpaired) electrons. The summed E-state index contributed by atoms with van der Waals surface area (Å²) in [4.78, 5) is 0. The summed E-state index contributed by atoms with van der Waals surface area (Å²) in [5.74, 6) is 0.847. The predicted molar refractivity (Wildman–Crippen MR) is 41.1 cm³/mol. The van der Waals surface area contributed by atoms with Crippen molar-refractivity contribution in [2.24, 2.45) is 5.73 Å². The minimum Gasteiger partial charge on any atom is -0.450 e. The standard InChI is InChI=1S/C7H10ClNO/c1-5(9)4-6-2-3-7(8)10-6/h2-3,5H,4,9H2,1H3. The van der Waals surface area contributed by atoms with Crippen LogP contribution in [0.3, 0.4) is 0 Å². The molecular formula is C7H10ClNO. The van der Waals surface area contributed by atoms with Crippen molar-refractivity contribution in [1.29, 1.82) is 0 Å². The van der Waals surface area contributed by atoms with E-state index in [2.05, 4.69) is 0 Å². The van der Waals surface area contributed by atoms with Crippen LogP contribution in [0.1, 0.15) is 12.7 Å². The zero-order valence-electron chi connectivity index (χ0n) is 5.80. The molecule has 1 aromatic rings. The minimum absolute atomic E-state index is 0.127. The van der Waals surface area contributed by atoms with Crippen molar-refractivity contribution >= 4 is 11.6 Å². The first-order chi connectivity index (χ1) is 4.68. The van der Waals surface area contributed by atoms with Gasteiger partial charge >= 0.3 is 0 Å². The Morgan fingerprint density at radius 1 is 1.70 bits per heavy atom. The Kier molecular flexibility index (Phi) is 2.35. The Bertz CT molecular complexity index is 207. The normalized spacial score (nSPS) is 13.5. The molecule has 0 aliphatic rings. The molecular weight excluding hydrogens is 150 g/mol. The van der Waals surface area contributed by atoms with Crippen LogP contribution in [0.5, 0.6) is 0 Å². The van der Waals surface area contributed by atoms with Crippen LogP contribution in [0.15, 0.2) is 16.5 Å². The lowest BCUT2D eigenvalue weighted by Crippen LogP contribution is -2.17. The molecule has 0 fully saturated rings. The van der Waals surface area contributed by atoms with Gasteiger partial charge in [-0.2, -0.15) is 0 Å². The molecule has 0 aliphatic heterocycles. The molecule has 0 bridgehead atoms. The molecule has 2 N–H and O–H groups in total. The minimum atomic E-state index is 0.127. The fraction of sp³-hybridized carbons (Fsp3) is 0.429. The molecule has 0 aliphatic carbocycles. The van der Waals surface area contributed by atoms with Gasteiger partial charge in [-0.05, 0) is 30.7 Å². The Morgan fingerprint density at radius 2 is 2.40 bits per heavy atom. The highest BCUT2D eigenvalue weighted by atomic mass is 35.5. The van der Waals surface area contributed by atoms with Crippen LogP contribution < -0.4 is 5.73 Å². The summed E-state index contributed by atoms with van der Waals surface area (Å²) in [7, 11) is 0. The molecule has 1 atom stereocenters. The van der Waals surface area contributed by atoms with Crippen LogP contribution in [0.4, 0.5) is 0 Å². The molecule has 10 heavy (non-hydrogen) atoms. The molecule has 1 aromatic heterocycles. The molecule has 1 rings (SSSR count). The molecule has 1 heterocycles. The average Bonchev–Trinajstić information content (AvgIpc) is 2.13. The van der Waals surface area contributed by atoms with E-state index < -0.39 is 0 Å². The van der Waals surface area contributed by atoms with Crippen LogP contribution >= 0.6 is 11.6 Å². The first-order valence-electron chi connectivity index (χ1n) is 3.18. The average molecular weight is 160 g/mol. The lowest BCUT2D eigenvalue weighted by atomic mass is 10.2. The van der Waals surface area contributed by atoms with Crippen molar-refractivity contribution in [3.05, 3.63) is 23.1 Å². The van der Waals surface area contributed by atoms with Crippen molar-refractivity contribution in [3.63, 3.8) is 0 Å². The van der Waals surface area contributed by atoms with Crippen LogP contribution in [-0.2, 0) is 6.42 Å². The van der Waals surface area contributed by atoms with E-state index in [-0.39, 0.29) is 6.04 Å². The summed E-state index contributed by atoms with van der Waals surface area (Å²) in [6.45, 7) is 1.93. The van der Waals surface area contributed by atoms with Gasteiger partial charge in [0, 0.05) is 12.5 Å². The maximum Gasteiger partial charge on any atom is 0.193 e. The van der Waals surface area contributed by atoms with E-state index in [4.69, 9.17) is 21.8 Å². The van der Waals surface area contributed by atoms with E-state index in [9.17, 15) is 0 Å². The van der Waals surface area contributed by atoms with Gasteiger partial charge in [-0.1, -0.05) is 0 Å². The van der Waals surface area contributed by atoms with Crippen molar-refractivity contribution in [1.82, 2.24) is 0 Å². The van der Waals surface area contributed by atoms with E-state index in [1.165, 1.54) is 0 Å². The maximum absolute atomic E-state index is 5.54. The Balaban J connectivity index is 2.58. The first kappa shape index (κ1) is 7.63. The molecule has 3 heteroatoms. The van der Waals surface area contributed by atoms with Gasteiger partial charge in [-0.15, -0.1) is 0 Å². The number of halogens is 1. The lowest BCUT2D eigenvalue weighted by Gasteiger charge is -1.98. The monoisotopic (exact) mass is 159 g/mol. The summed E-state index contributed by atoms with van der Waals surface area (Å²) >= 11 is 5.54. The fourth-order valence-electron chi connectivity index (χ4n) is 0.779. The van der Waals surface area contributed by atoms with E-state index in [0.717, 1.165) is 12.2 Å². The molecule has 0 spiro atoms. The van der Waals surface area contributed by atoms with Gasteiger partial charge in [0.25, 0.3) is 0 Å². The molecule has 2 nitrogen and oxygen atoms in total. The largest absolute Gasteiger partial charge is 0.450 e. The highest BCUT2D eigenvalue weighted by molar-refractivity contribution is 6.28. The third-order valence-electron chi connectivity index (χ3n) is 1.15. The second-order valence-electron chi connectivity index (χ2n) is 2.39. The number of rotatable bonds is 2. The number of nitrogens with two attached hydrogens (primary N) is 1. The van der Waals surface area contributed by atoms with Crippen molar-refractivity contribution in [3.8, 4) is 0 Å². The number of furan rings is 1. The summed E-state index contributed by atoms with van der Waals surface area (Å²) in [6.07, 6.45) is 0.743. The Morgan fingerprint density at radius 3 is 2.80 bits per heavy atom. The Labute approximate surface area is 65.0 Å². The van der Waals surface area contributed by atoms with Crippen LogP contribution in [0.25, 0.3) is 0 Å². The first-order valence-corrected chi connectivity index (χ1v) is 3.56. The van der Waals surface area contributed by atoms with Crippen molar-refractivity contribution in [2.75, 3.05) is 0 Å². The van der Waals surface area contributed by atoms with E-state index in [0.29, 0.717) is 5.22 Å². The maximum atomic E-state index is 5.54. The third kappa shape index (κ3) is 2.05. The highest BCUT2D eigenvalue weighted by Crippen LogP contribution is 2.13. The smallest absolute Gasteiger partial charge is 0.193 e. The Hall–Kier alpha value is -0.470. The number of hydrogen-bond acceptors (Lipinski definition) is 2. The van der Waals surface area contributed by atoms with Crippen molar-refractivity contribution in [2.45, 2.75) is 19.4 Å². The van der Waals surface area contributed by atoms with Gasteiger partial charge in [-0.3, -0.25) is 0 Å². The quantitative estimate of drug-likeness (QED) is 0.715. The van der Waals surface area contributed by atoms with E-state index in [1.807, 2.05) is 13.0 Å². The topological polar surface area (TPSA) is 39.2 Å². The molecule has 0 amide bonds. The molecule has 1 unspecified atom stereocenters. The SMILES string of the molecule is CC(N)Cc1ccc(Cl)o1. The van der Waals surface area contributed by atoms with E-state index in [1.54, 1.807) is 6.07 Å². The van der Waals surface area contributed by atoms with Gasteiger partial charge in [-0.25, -0.2) is 0 Å². The van der Waals surface area contributed by atoms with Gasteiger partial charge < -0.3 is 10.2 Å². The third-order valence-corrected chi connectivity index (χ3v) is 1.36. The van der Waals surface area contributed by atoms with Crippen LogP contribution in [-0.4, -0.2) is 6.04 Å². The van der Waals surface area contributed by atoms with Crippen LogP contribution in [0, 0.1) is 0 Å². The molecule has 0 saturated carbocycles. The predicted octanol–water partition coefficient (Wildman–Crippen LogP) is 1.82. The second kappa shape index (κ2) is 3.08. The van der Waals surface area contributed by atoms with Gasteiger partial charge in [0.1, 0.15) is 5.76 Å².